The van der Waals surface area contributed by atoms with Crippen LogP contribution in [-0.4, -0.2) is 11.6 Å². The van der Waals surface area contributed by atoms with Gasteiger partial charge in [0.25, 0.3) is 0 Å². The maximum Gasteiger partial charge on any atom is 0.139 e. The van der Waals surface area contributed by atoms with Crippen molar-refractivity contribution in [2.45, 2.75) is 335 Å². The SMILES string of the molecule is CCCCCCCCCCCCC(CCCCCCCC)Cc1cc(Br)sc1C1CCC2C(C1)C(=O)C1CC3C(CC12)C(=O)C1CC(c2sc(Br)cc2CC(CCCCCCCC)CCCCCCCCCCCC)CCC13. The molecule has 0 bridgehead atoms. The Balaban J connectivity index is 0.919. The number of carbonyl (C=O) groups is 2. The number of ketones is 2. The third-order valence-corrected chi connectivity index (χ3v) is 25.4. The third-order valence-electron chi connectivity index (χ3n) is 21.7. The summed E-state index contributed by atoms with van der Waals surface area (Å²) < 4.78 is 2.59. The molecule has 0 radical (unpaired) electrons. The van der Waals surface area contributed by atoms with Gasteiger partial charge in [-0.25, -0.2) is 0 Å². The summed E-state index contributed by atoms with van der Waals surface area (Å²) in [5, 5.41) is 0. The molecule has 5 aliphatic rings. The zero-order chi connectivity index (χ0) is 54.9. The zero-order valence-electron chi connectivity index (χ0n) is 51.0. The fraction of sp³-hybridized carbons (Fsp3) is 0.861. The van der Waals surface area contributed by atoms with E-state index >= 15 is 0 Å². The highest BCUT2D eigenvalue weighted by atomic mass is 79.9. The van der Waals surface area contributed by atoms with Crippen LogP contribution in [0.25, 0.3) is 0 Å². The van der Waals surface area contributed by atoms with Crippen LogP contribution in [0.2, 0.25) is 0 Å². The first-order valence-electron chi connectivity index (χ1n) is 34.9. The largest absolute Gasteiger partial charge is 0.299 e. The fourth-order valence-corrected chi connectivity index (χ4v) is 21.1. The molecule has 5 saturated carbocycles. The molecule has 12 atom stereocenters. The van der Waals surface area contributed by atoms with E-state index in [4.69, 9.17) is 0 Å². The topological polar surface area (TPSA) is 34.1 Å². The number of hydrogen-bond acceptors (Lipinski definition) is 4. The summed E-state index contributed by atoms with van der Waals surface area (Å²) in [6, 6.07) is 5.00. The van der Waals surface area contributed by atoms with Gasteiger partial charge in [-0.1, -0.05) is 259 Å². The van der Waals surface area contributed by atoms with Crippen molar-refractivity contribution in [3.8, 4) is 0 Å². The average molecular weight is 1240 g/mol. The van der Waals surface area contributed by atoms with Gasteiger partial charge in [0.05, 0.1) is 7.57 Å². The number of fused-ring (bicyclic) bond motifs is 6. The minimum atomic E-state index is 0.209. The molecule has 0 spiro atoms. The number of rotatable bonds is 42. The lowest BCUT2D eigenvalue weighted by Gasteiger charge is -2.40. The molecule has 5 aliphatic carbocycles. The van der Waals surface area contributed by atoms with Crippen LogP contribution >= 0.6 is 54.5 Å². The summed E-state index contributed by atoms with van der Waals surface area (Å²) in [6.45, 7) is 9.30. The summed E-state index contributed by atoms with van der Waals surface area (Å²) in [6.07, 6.45) is 61.8. The van der Waals surface area contributed by atoms with Gasteiger partial charge in [0, 0.05) is 33.4 Å². The number of halogens is 2. The number of Topliss-reactive ketones (excluding diaryl/α,β-unsaturated/α-hetero) is 2. The molecule has 7 rings (SSSR count). The van der Waals surface area contributed by atoms with E-state index in [1.165, 1.54) is 277 Å². The van der Waals surface area contributed by atoms with Crippen molar-refractivity contribution in [1.29, 1.82) is 0 Å². The zero-order valence-corrected chi connectivity index (χ0v) is 55.8. The van der Waals surface area contributed by atoms with Crippen LogP contribution in [0.5, 0.6) is 0 Å². The summed E-state index contributed by atoms with van der Waals surface area (Å²) in [5.74, 6) is 6.57. The summed E-state index contributed by atoms with van der Waals surface area (Å²) in [4.78, 5) is 33.0. The van der Waals surface area contributed by atoms with E-state index in [1.807, 2.05) is 22.7 Å². The van der Waals surface area contributed by atoms with Gasteiger partial charge in [0.2, 0.25) is 0 Å². The standard InChI is InChI=1S/C72H118Br2O2S2/c1-5-9-13-17-21-23-25-27-31-35-39-53(37-33-29-19-15-11-7-3)45-57-49-67(73)77-71(57)55-41-43-59-61-51-66-62(52-65(61)69(75)63(59)47-55)60-44-42-56(48-64(60)70(66)76)72-58(50-68(74)78-72)46-54(38-34-30-20-16-12-8-4)40-36-32-28-26-24-22-18-14-10-6-2/h49-50,53-56,59-66H,5-48,51-52H2,1-4H3. The molecule has 78 heavy (non-hydrogen) atoms. The van der Waals surface area contributed by atoms with Crippen molar-refractivity contribution in [3.63, 3.8) is 0 Å². The molecule has 12 unspecified atom stereocenters. The molecule has 2 aromatic rings. The first kappa shape index (κ1) is 65.2. The Morgan fingerprint density at radius 2 is 0.641 bits per heavy atom. The van der Waals surface area contributed by atoms with Gasteiger partial charge in [-0.2, -0.15) is 0 Å². The number of carbonyl (C=O) groups excluding carboxylic acids is 2. The molecule has 6 heteroatoms. The molecule has 0 aromatic carbocycles. The van der Waals surface area contributed by atoms with Gasteiger partial charge in [-0.05, 0) is 167 Å². The minimum absolute atomic E-state index is 0.209. The Kier molecular flexibility index (Phi) is 30.6. The lowest BCUT2D eigenvalue weighted by Crippen LogP contribution is -2.35. The van der Waals surface area contributed by atoms with Crippen LogP contribution in [0.1, 0.15) is 343 Å². The van der Waals surface area contributed by atoms with Gasteiger partial charge in [-0.3, -0.25) is 9.59 Å². The molecule has 0 saturated heterocycles. The predicted octanol–water partition coefficient (Wildman–Crippen LogP) is 24.9. The maximum atomic E-state index is 14.9. The molecule has 0 amide bonds. The lowest BCUT2D eigenvalue weighted by molar-refractivity contribution is -0.129. The van der Waals surface area contributed by atoms with E-state index in [2.05, 4.69) is 71.7 Å². The van der Waals surface area contributed by atoms with Crippen LogP contribution in [-0.2, 0) is 22.4 Å². The minimum Gasteiger partial charge on any atom is -0.299 e. The Morgan fingerprint density at radius 1 is 0.372 bits per heavy atom. The van der Waals surface area contributed by atoms with E-state index in [0.29, 0.717) is 47.1 Å². The monoisotopic (exact) mass is 1240 g/mol. The van der Waals surface area contributed by atoms with Crippen molar-refractivity contribution >= 4 is 66.1 Å². The Morgan fingerprint density at radius 3 is 0.936 bits per heavy atom. The van der Waals surface area contributed by atoms with Gasteiger partial charge in [0.15, 0.2) is 0 Å². The fourth-order valence-electron chi connectivity index (χ4n) is 17.4. The second-order valence-corrected chi connectivity index (χ2v) is 32.4. The van der Waals surface area contributed by atoms with E-state index in [1.54, 1.807) is 20.9 Å². The highest BCUT2D eigenvalue weighted by Crippen LogP contribution is 2.63. The third kappa shape index (κ3) is 19.9. The van der Waals surface area contributed by atoms with E-state index in [-0.39, 0.29) is 23.7 Å². The average Bonchev–Trinajstić information content (AvgIpc) is 4.38. The van der Waals surface area contributed by atoms with Gasteiger partial charge < -0.3 is 0 Å². The molecule has 444 valence electrons. The van der Waals surface area contributed by atoms with Crippen LogP contribution in [0.15, 0.2) is 19.7 Å². The van der Waals surface area contributed by atoms with Gasteiger partial charge in [-0.15, -0.1) is 22.7 Å². The lowest BCUT2D eigenvalue weighted by atomic mass is 9.64. The molecule has 2 nitrogen and oxygen atoms in total. The Bertz CT molecular complexity index is 1830. The van der Waals surface area contributed by atoms with Crippen molar-refractivity contribution < 1.29 is 9.59 Å². The molecule has 2 heterocycles. The highest BCUT2D eigenvalue weighted by Gasteiger charge is 2.61. The van der Waals surface area contributed by atoms with E-state index < -0.39 is 0 Å². The molecule has 2 aromatic heterocycles. The number of unbranched alkanes of at least 4 members (excludes halogenated alkanes) is 28. The Labute approximate surface area is 506 Å². The molecular weight excluding hydrogens is 1120 g/mol. The maximum absolute atomic E-state index is 14.9. The van der Waals surface area contributed by atoms with E-state index in [9.17, 15) is 9.59 Å². The summed E-state index contributed by atoms with van der Waals surface area (Å²) >= 11 is 12.0. The van der Waals surface area contributed by atoms with Gasteiger partial charge in [0.1, 0.15) is 11.6 Å². The first-order chi connectivity index (χ1) is 38.2. The second kappa shape index (κ2) is 36.5. The first-order valence-corrected chi connectivity index (χ1v) is 38.1. The number of hydrogen-bond donors (Lipinski definition) is 0. The van der Waals surface area contributed by atoms with Crippen molar-refractivity contribution in [3.05, 3.63) is 40.6 Å². The number of thiophene rings is 2. The van der Waals surface area contributed by atoms with Crippen molar-refractivity contribution in [2.24, 2.45) is 59.2 Å². The quantitative estimate of drug-likeness (QED) is 0.0621. The molecule has 5 fully saturated rings. The van der Waals surface area contributed by atoms with Crippen LogP contribution in [0, 0.1) is 59.2 Å². The second-order valence-electron chi connectivity index (χ2n) is 27.5. The smallest absolute Gasteiger partial charge is 0.139 e. The van der Waals surface area contributed by atoms with E-state index in [0.717, 1.165) is 37.5 Å². The van der Waals surface area contributed by atoms with Crippen LogP contribution in [0.4, 0.5) is 0 Å². The highest BCUT2D eigenvalue weighted by molar-refractivity contribution is 9.11. The van der Waals surface area contributed by atoms with Crippen LogP contribution < -0.4 is 0 Å². The summed E-state index contributed by atoms with van der Waals surface area (Å²) in [5.41, 5.74) is 3.23. The van der Waals surface area contributed by atoms with Crippen molar-refractivity contribution in [2.75, 3.05) is 0 Å². The molecule has 0 N–H and O–H groups in total. The normalized spacial score (nSPS) is 26.5. The molecule has 0 aliphatic heterocycles. The predicted molar refractivity (Wildman–Crippen MR) is 348 cm³/mol. The molecular formula is C72H118Br2O2S2. The van der Waals surface area contributed by atoms with Crippen molar-refractivity contribution in [1.82, 2.24) is 0 Å². The summed E-state index contributed by atoms with van der Waals surface area (Å²) in [7, 11) is 0. The van der Waals surface area contributed by atoms with Gasteiger partial charge >= 0.3 is 0 Å². The Hall–Kier alpha value is -0.300. The van der Waals surface area contributed by atoms with Crippen LogP contribution in [0.3, 0.4) is 0 Å².